The summed E-state index contributed by atoms with van der Waals surface area (Å²) in [6.07, 6.45) is 0.545. The minimum atomic E-state index is -1.57. The van der Waals surface area contributed by atoms with Gasteiger partial charge in [-0.05, 0) is 34.7 Å². The van der Waals surface area contributed by atoms with Crippen LogP contribution in [-0.2, 0) is 4.74 Å². The largest absolute Gasteiger partial charge is 0.449 e. The van der Waals surface area contributed by atoms with Crippen molar-refractivity contribution in [2.45, 2.75) is 31.5 Å². The smallest absolute Gasteiger partial charge is 0.407 e. The van der Waals surface area contributed by atoms with E-state index in [1.807, 2.05) is 24.3 Å². The molecule has 0 saturated heterocycles. The molecule has 0 fully saturated rings. The van der Waals surface area contributed by atoms with E-state index in [1.165, 1.54) is 22.3 Å². The zero-order valence-corrected chi connectivity index (χ0v) is 16.5. The van der Waals surface area contributed by atoms with Gasteiger partial charge in [-0.3, -0.25) is 0 Å². The van der Waals surface area contributed by atoms with Crippen molar-refractivity contribution >= 4 is 24.6 Å². The normalized spacial score (nSPS) is 13.2. The van der Waals surface area contributed by atoms with E-state index < -0.39 is 7.38 Å². The average molecular weight is 374 g/mol. The zero-order valence-electron chi connectivity index (χ0n) is 14.7. The standard InChI is InChI=1S/C20H24ClNO2Si/c1-25(2,21)13-7-12-22-20(23)24-14-19-17-10-5-3-8-15(17)16-9-4-6-11-18(16)19/h3-6,8-11,19H,7,12-14H2,1-2H3,(H,22,23). The minimum absolute atomic E-state index is 0.104. The van der Waals surface area contributed by atoms with Crippen molar-refractivity contribution in [1.82, 2.24) is 5.32 Å². The molecule has 3 rings (SSSR count). The lowest BCUT2D eigenvalue weighted by Gasteiger charge is -2.15. The Bertz CT molecular complexity index is 712. The second-order valence-electron chi connectivity index (χ2n) is 7.07. The summed E-state index contributed by atoms with van der Waals surface area (Å²) in [5.41, 5.74) is 4.93. The molecule has 0 atom stereocenters. The number of benzene rings is 2. The van der Waals surface area contributed by atoms with Gasteiger partial charge < -0.3 is 10.1 Å². The van der Waals surface area contributed by atoms with E-state index in [-0.39, 0.29) is 12.0 Å². The summed E-state index contributed by atoms with van der Waals surface area (Å²) in [4.78, 5) is 12.0. The van der Waals surface area contributed by atoms with Gasteiger partial charge in [0.05, 0.1) is 0 Å². The number of hydrogen-bond donors (Lipinski definition) is 1. The van der Waals surface area contributed by atoms with Crippen molar-refractivity contribution in [3.05, 3.63) is 59.7 Å². The molecular weight excluding hydrogens is 350 g/mol. The van der Waals surface area contributed by atoms with Crippen molar-refractivity contribution in [2.75, 3.05) is 13.2 Å². The van der Waals surface area contributed by atoms with Crippen LogP contribution in [0.3, 0.4) is 0 Å². The average Bonchev–Trinajstić information content (AvgIpc) is 2.90. The van der Waals surface area contributed by atoms with Crippen LogP contribution in [0, 0.1) is 0 Å². The Morgan fingerprint density at radius 1 is 1.08 bits per heavy atom. The van der Waals surface area contributed by atoms with E-state index in [0.717, 1.165) is 12.5 Å². The van der Waals surface area contributed by atoms with E-state index in [4.69, 9.17) is 15.8 Å². The molecule has 25 heavy (non-hydrogen) atoms. The molecule has 0 saturated carbocycles. The molecule has 1 N–H and O–H groups in total. The highest BCUT2D eigenvalue weighted by Gasteiger charge is 2.28. The number of alkyl carbamates (subject to hydrolysis) is 1. The first-order valence-electron chi connectivity index (χ1n) is 8.73. The number of carbonyl (C=O) groups is 1. The van der Waals surface area contributed by atoms with Crippen LogP contribution in [0.15, 0.2) is 48.5 Å². The first kappa shape index (κ1) is 18.0. The lowest BCUT2D eigenvalue weighted by molar-refractivity contribution is 0.143. The topological polar surface area (TPSA) is 38.3 Å². The zero-order chi connectivity index (χ0) is 17.9. The number of nitrogens with one attached hydrogen (secondary N) is 1. The highest BCUT2D eigenvalue weighted by molar-refractivity contribution is 7.19. The summed E-state index contributed by atoms with van der Waals surface area (Å²) in [5.74, 6) is 0.104. The monoisotopic (exact) mass is 373 g/mol. The van der Waals surface area contributed by atoms with Crippen LogP contribution in [0.4, 0.5) is 4.79 Å². The molecule has 0 unspecified atom stereocenters. The number of amides is 1. The van der Waals surface area contributed by atoms with Gasteiger partial charge in [0.25, 0.3) is 0 Å². The van der Waals surface area contributed by atoms with Gasteiger partial charge >= 0.3 is 6.09 Å². The number of rotatable bonds is 6. The Morgan fingerprint density at radius 2 is 1.64 bits per heavy atom. The Hall–Kier alpha value is -1.78. The summed E-state index contributed by atoms with van der Waals surface area (Å²) >= 11 is 6.29. The van der Waals surface area contributed by atoms with Crippen molar-refractivity contribution in [3.63, 3.8) is 0 Å². The number of halogens is 1. The Morgan fingerprint density at radius 3 is 2.20 bits per heavy atom. The molecule has 1 amide bonds. The third kappa shape index (κ3) is 4.44. The summed E-state index contributed by atoms with van der Waals surface area (Å²) in [6, 6.07) is 17.7. The van der Waals surface area contributed by atoms with Crippen LogP contribution >= 0.6 is 11.1 Å². The minimum Gasteiger partial charge on any atom is -0.449 e. The molecule has 0 aliphatic heterocycles. The molecule has 1 aliphatic carbocycles. The molecule has 0 radical (unpaired) electrons. The molecule has 5 heteroatoms. The molecule has 0 spiro atoms. The van der Waals surface area contributed by atoms with Gasteiger partial charge in [-0.1, -0.05) is 61.6 Å². The summed E-state index contributed by atoms with van der Waals surface area (Å²) < 4.78 is 5.50. The highest BCUT2D eigenvalue weighted by Crippen LogP contribution is 2.44. The number of ether oxygens (including phenoxy) is 1. The van der Waals surface area contributed by atoms with Crippen LogP contribution in [0.5, 0.6) is 0 Å². The van der Waals surface area contributed by atoms with Gasteiger partial charge in [0.2, 0.25) is 0 Å². The second-order valence-corrected chi connectivity index (χ2v) is 14.1. The second kappa shape index (κ2) is 7.62. The van der Waals surface area contributed by atoms with Crippen LogP contribution in [0.2, 0.25) is 19.1 Å². The fourth-order valence-corrected chi connectivity index (χ4v) is 4.77. The lowest BCUT2D eigenvalue weighted by Crippen LogP contribution is -2.28. The highest BCUT2D eigenvalue weighted by atomic mass is 35.6. The predicted molar refractivity (Wildman–Crippen MR) is 106 cm³/mol. The van der Waals surface area contributed by atoms with E-state index in [9.17, 15) is 4.79 Å². The van der Waals surface area contributed by atoms with Gasteiger partial charge in [0, 0.05) is 12.5 Å². The van der Waals surface area contributed by atoms with Crippen LogP contribution < -0.4 is 5.32 Å². The fraction of sp³-hybridized carbons (Fsp3) is 0.350. The Kier molecular flexibility index (Phi) is 5.50. The first-order chi connectivity index (χ1) is 12.0. The van der Waals surface area contributed by atoms with Crippen LogP contribution in [0.1, 0.15) is 23.5 Å². The lowest BCUT2D eigenvalue weighted by atomic mass is 9.98. The van der Waals surface area contributed by atoms with Gasteiger partial charge in [0.1, 0.15) is 6.61 Å². The van der Waals surface area contributed by atoms with Crippen molar-refractivity contribution < 1.29 is 9.53 Å². The van der Waals surface area contributed by atoms with Crippen molar-refractivity contribution in [3.8, 4) is 11.1 Å². The predicted octanol–water partition coefficient (Wildman–Crippen LogP) is 5.36. The van der Waals surface area contributed by atoms with E-state index in [0.29, 0.717) is 13.2 Å². The van der Waals surface area contributed by atoms with Crippen molar-refractivity contribution in [2.24, 2.45) is 0 Å². The molecule has 0 aromatic heterocycles. The van der Waals surface area contributed by atoms with Gasteiger partial charge in [0.15, 0.2) is 7.38 Å². The van der Waals surface area contributed by atoms with Gasteiger partial charge in [-0.25, -0.2) is 4.79 Å². The molecule has 2 aromatic rings. The number of carbonyl (C=O) groups excluding carboxylic acids is 1. The van der Waals surface area contributed by atoms with Crippen molar-refractivity contribution in [1.29, 1.82) is 0 Å². The molecule has 132 valence electrons. The van der Waals surface area contributed by atoms with E-state index in [1.54, 1.807) is 0 Å². The fourth-order valence-electron chi connectivity index (χ4n) is 3.35. The quantitative estimate of drug-likeness (QED) is 0.420. The maximum Gasteiger partial charge on any atom is 0.407 e. The van der Waals surface area contributed by atoms with E-state index in [2.05, 4.69) is 42.7 Å². The van der Waals surface area contributed by atoms with Gasteiger partial charge in [-0.15, -0.1) is 0 Å². The third-order valence-electron chi connectivity index (χ3n) is 4.56. The number of fused-ring (bicyclic) bond motifs is 3. The number of hydrogen-bond acceptors (Lipinski definition) is 2. The molecule has 0 heterocycles. The molecule has 1 aliphatic rings. The molecule has 2 aromatic carbocycles. The van der Waals surface area contributed by atoms with Gasteiger partial charge in [-0.2, -0.15) is 11.1 Å². The van der Waals surface area contributed by atoms with Crippen LogP contribution in [-0.4, -0.2) is 26.6 Å². The summed E-state index contributed by atoms with van der Waals surface area (Å²) in [6.45, 7) is 5.19. The first-order valence-corrected chi connectivity index (χ1v) is 13.0. The van der Waals surface area contributed by atoms with E-state index >= 15 is 0 Å². The molecule has 3 nitrogen and oxygen atoms in total. The Balaban J connectivity index is 1.57. The summed E-state index contributed by atoms with van der Waals surface area (Å²) in [7, 11) is -1.57. The van der Waals surface area contributed by atoms with Crippen LogP contribution in [0.25, 0.3) is 11.1 Å². The maximum atomic E-state index is 12.0. The maximum absolute atomic E-state index is 12.0. The Labute approximate surface area is 155 Å². The third-order valence-corrected chi connectivity index (χ3v) is 6.67. The SMILES string of the molecule is C[Si](C)(Cl)CCCNC(=O)OCC1c2ccccc2-c2ccccc21. The molecular formula is C20H24ClNO2Si. The summed E-state index contributed by atoms with van der Waals surface area (Å²) in [5, 5.41) is 2.83. The molecule has 0 bridgehead atoms.